The molecule has 2 rings (SSSR count). The standard InChI is InChI=1S/C19H25BrFN3O2/c1-2-9-24(13-15-10-16(20)7-8-17(15)21)18(25)12-23-19(26)22-11-14-5-3-4-6-14/h2,7-8,10,14H,1,3-6,9,11-13H2,(H2,22,23,26). The average molecular weight is 426 g/mol. The number of amides is 3. The van der Waals surface area contributed by atoms with Gasteiger partial charge in [0.2, 0.25) is 5.91 Å². The van der Waals surface area contributed by atoms with Crippen molar-refractivity contribution in [1.82, 2.24) is 15.5 Å². The molecule has 0 saturated heterocycles. The molecule has 0 spiro atoms. The Kier molecular flexibility index (Phi) is 8.09. The maximum atomic E-state index is 13.9. The SMILES string of the molecule is C=CCN(Cc1cc(Br)ccc1F)C(=O)CNC(=O)NCC1CCCC1. The van der Waals surface area contributed by atoms with E-state index in [0.717, 1.165) is 17.3 Å². The molecular formula is C19H25BrFN3O2. The van der Waals surface area contributed by atoms with Gasteiger partial charge in [-0.05, 0) is 37.0 Å². The first-order valence-corrected chi connectivity index (χ1v) is 9.63. The van der Waals surface area contributed by atoms with Gasteiger partial charge < -0.3 is 15.5 Å². The summed E-state index contributed by atoms with van der Waals surface area (Å²) in [5.74, 6) is -0.133. The van der Waals surface area contributed by atoms with Crippen molar-refractivity contribution in [3.05, 3.63) is 46.7 Å². The molecule has 26 heavy (non-hydrogen) atoms. The van der Waals surface area contributed by atoms with Gasteiger partial charge in [0.15, 0.2) is 0 Å². The second-order valence-electron chi connectivity index (χ2n) is 6.51. The molecule has 1 fully saturated rings. The van der Waals surface area contributed by atoms with Crippen LogP contribution in [0.2, 0.25) is 0 Å². The minimum Gasteiger partial charge on any atom is -0.338 e. The first kappa shape index (κ1) is 20.4. The molecule has 0 aromatic heterocycles. The molecule has 1 saturated carbocycles. The summed E-state index contributed by atoms with van der Waals surface area (Å²) < 4.78 is 14.7. The van der Waals surface area contributed by atoms with Gasteiger partial charge in [-0.2, -0.15) is 0 Å². The minimum absolute atomic E-state index is 0.113. The van der Waals surface area contributed by atoms with E-state index in [1.165, 1.54) is 23.8 Å². The highest BCUT2D eigenvalue weighted by Crippen LogP contribution is 2.23. The van der Waals surface area contributed by atoms with Crippen LogP contribution < -0.4 is 10.6 Å². The maximum absolute atomic E-state index is 13.9. The van der Waals surface area contributed by atoms with Gasteiger partial charge in [0, 0.05) is 29.7 Å². The molecular weight excluding hydrogens is 401 g/mol. The quantitative estimate of drug-likeness (QED) is 0.625. The number of hydrogen-bond acceptors (Lipinski definition) is 2. The summed E-state index contributed by atoms with van der Waals surface area (Å²) in [5.41, 5.74) is 0.403. The summed E-state index contributed by atoms with van der Waals surface area (Å²) in [5, 5.41) is 5.39. The Hall–Kier alpha value is -1.89. The van der Waals surface area contributed by atoms with Gasteiger partial charge >= 0.3 is 6.03 Å². The molecule has 1 aromatic carbocycles. The number of halogens is 2. The van der Waals surface area contributed by atoms with Crippen molar-refractivity contribution in [2.24, 2.45) is 5.92 Å². The molecule has 0 unspecified atom stereocenters. The number of rotatable bonds is 8. The second kappa shape index (κ2) is 10.3. The Morgan fingerprint density at radius 3 is 2.73 bits per heavy atom. The zero-order valence-electron chi connectivity index (χ0n) is 14.8. The van der Waals surface area contributed by atoms with E-state index in [9.17, 15) is 14.0 Å². The molecule has 5 nitrogen and oxygen atoms in total. The van der Waals surface area contributed by atoms with Gasteiger partial charge in [-0.3, -0.25) is 4.79 Å². The Bertz CT molecular complexity index is 648. The lowest BCUT2D eigenvalue weighted by atomic mass is 10.1. The third kappa shape index (κ3) is 6.44. The normalized spacial score (nSPS) is 14.1. The molecule has 2 N–H and O–H groups in total. The van der Waals surface area contributed by atoms with Gasteiger partial charge in [0.1, 0.15) is 5.82 Å². The van der Waals surface area contributed by atoms with Gasteiger partial charge in [0.05, 0.1) is 6.54 Å². The van der Waals surface area contributed by atoms with Crippen LogP contribution in [0, 0.1) is 11.7 Å². The van der Waals surface area contributed by atoms with E-state index in [2.05, 4.69) is 33.1 Å². The molecule has 0 bridgehead atoms. The van der Waals surface area contributed by atoms with Gasteiger partial charge in [-0.15, -0.1) is 6.58 Å². The predicted molar refractivity (Wildman–Crippen MR) is 103 cm³/mol. The van der Waals surface area contributed by atoms with E-state index in [1.54, 1.807) is 18.2 Å². The number of benzene rings is 1. The summed E-state index contributed by atoms with van der Waals surface area (Å²) in [4.78, 5) is 25.7. The zero-order chi connectivity index (χ0) is 18.9. The lowest BCUT2D eigenvalue weighted by molar-refractivity contribution is -0.130. The van der Waals surface area contributed by atoms with Crippen molar-refractivity contribution < 1.29 is 14.0 Å². The van der Waals surface area contributed by atoms with Gasteiger partial charge in [-0.1, -0.05) is 34.8 Å². The van der Waals surface area contributed by atoms with Crippen molar-refractivity contribution in [3.8, 4) is 0 Å². The molecule has 142 valence electrons. The highest BCUT2D eigenvalue weighted by Gasteiger charge is 2.18. The van der Waals surface area contributed by atoms with E-state index in [1.807, 2.05) is 0 Å². The van der Waals surface area contributed by atoms with Crippen molar-refractivity contribution >= 4 is 27.9 Å². The van der Waals surface area contributed by atoms with Crippen molar-refractivity contribution in [1.29, 1.82) is 0 Å². The number of nitrogens with one attached hydrogen (secondary N) is 2. The summed E-state index contributed by atoms with van der Waals surface area (Å²) in [7, 11) is 0. The molecule has 3 amide bonds. The molecule has 0 heterocycles. The van der Waals surface area contributed by atoms with E-state index >= 15 is 0 Å². The van der Waals surface area contributed by atoms with Crippen LogP contribution in [0.25, 0.3) is 0 Å². The summed E-state index contributed by atoms with van der Waals surface area (Å²) in [6, 6.07) is 4.25. The van der Waals surface area contributed by atoms with Crippen LogP contribution in [0.3, 0.4) is 0 Å². The highest BCUT2D eigenvalue weighted by atomic mass is 79.9. The first-order valence-electron chi connectivity index (χ1n) is 8.84. The minimum atomic E-state index is -0.377. The van der Waals surface area contributed by atoms with Crippen LogP contribution in [-0.2, 0) is 11.3 Å². The molecule has 7 heteroatoms. The third-order valence-corrected chi connectivity index (χ3v) is 4.99. The monoisotopic (exact) mass is 425 g/mol. The van der Waals surface area contributed by atoms with Crippen molar-refractivity contribution in [3.63, 3.8) is 0 Å². The molecule has 1 aliphatic rings. The fraction of sp³-hybridized carbons (Fsp3) is 0.474. The zero-order valence-corrected chi connectivity index (χ0v) is 16.4. The fourth-order valence-electron chi connectivity index (χ4n) is 3.06. The molecule has 1 aliphatic carbocycles. The third-order valence-electron chi connectivity index (χ3n) is 4.50. The largest absolute Gasteiger partial charge is 0.338 e. The van der Waals surface area contributed by atoms with Crippen LogP contribution in [0.1, 0.15) is 31.2 Å². The van der Waals surface area contributed by atoms with E-state index in [-0.39, 0.29) is 37.4 Å². The van der Waals surface area contributed by atoms with Crippen LogP contribution in [0.4, 0.5) is 9.18 Å². The predicted octanol–water partition coefficient (Wildman–Crippen LogP) is 3.59. The van der Waals surface area contributed by atoms with Crippen LogP contribution in [-0.4, -0.2) is 36.5 Å². The molecule has 0 aliphatic heterocycles. The molecule has 0 radical (unpaired) electrons. The van der Waals surface area contributed by atoms with Crippen LogP contribution >= 0.6 is 15.9 Å². The number of nitrogens with zero attached hydrogens (tertiary/aromatic N) is 1. The molecule has 0 atom stereocenters. The topological polar surface area (TPSA) is 61.4 Å². The van der Waals surface area contributed by atoms with Gasteiger partial charge in [-0.25, -0.2) is 9.18 Å². The summed E-state index contributed by atoms with van der Waals surface area (Å²) >= 11 is 3.30. The number of carbonyl (C=O) groups is 2. The Morgan fingerprint density at radius 1 is 1.31 bits per heavy atom. The summed E-state index contributed by atoms with van der Waals surface area (Å²) in [6.07, 6.45) is 6.30. The first-order chi connectivity index (χ1) is 12.5. The van der Waals surface area contributed by atoms with Gasteiger partial charge in [0.25, 0.3) is 0 Å². The second-order valence-corrected chi connectivity index (χ2v) is 7.43. The van der Waals surface area contributed by atoms with Crippen molar-refractivity contribution in [2.75, 3.05) is 19.6 Å². The highest BCUT2D eigenvalue weighted by molar-refractivity contribution is 9.10. The molecule has 1 aromatic rings. The van der Waals surface area contributed by atoms with Crippen molar-refractivity contribution in [2.45, 2.75) is 32.2 Å². The van der Waals surface area contributed by atoms with E-state index in [4.69, 9.17) is 0 Å². The fourth-order valence-corrected chi connectivity index (χ4v) is 3.47. The Labute approximate surface area is 162 Å². The van der Waals surface area contributed by atoms with E-state index in [0.29, 0.717) is 18.0 Å². The lowest BCUT2D eigenvalue weighted by Gasteiger charge is -2.22. The number of hydrogen-bond donors (Lipinski definition) is 2. The average Bonchev–Trinajstić information content (AvgIpc) is 3.14. The number of carbonyl (C=O) groups excluding carboxylic acids is 2. The van der Waals surface area contributed by atoms with E-state index < -0.39 is 0 Å². The Morgan fingerprint density at radius 2 is 2.04 bits per heavy atom. The lowest BCUT2D eigenvalue weighted by Crippen LogP contribution is -2.44. The van der Waals surface area contributed by atoms with Crippen LogP contribution in [0.15, 0.2) is 35.3 Å². The smallest absolute Gasteiger partial charge is 0.315 e. The number of urea groups is 1. The Balaban J connectivity index is 1.83. The maximum Gasteiger partial charge on any atom is 0.315 e. The summed E-state index contributed by atoms with van der Waals surface area (Å²) in [6.45, 7) is 4.52. The van der Waals surface area contributed by atoms with Crippen LogP contribution in [0.5, 0.6) is 0 Å².